The Balaban J connectivity index is 1.32. The van der Waals surface area contributed by atoms with E-state index in [9.17, 15) is 4.79 Å². The molecule has 2 saturated heterocycles. The van der Waals surface area contributed by atoms with Crippen LogP contribution in [0.15, 0.2) is 30.5 Å². The lowest BCUT2D eigenvalue weighted by atomic mass is 10.0. The first-order valence-corrected chi connectivity index (χ1v) is 9.68. The molecular weight excluding hydrogens is 342 g/mol. The molecule has 2 aromatic rings. The predicted octanol–water partition coefficient (Wildman–Crippen LogP) is 2.25. The van der Waals surface area contributed by atoms with E-state index < -0.39 is 0 Å². The molecule has 27 heavy (non-hydrogen) atoms. The van der Waals surface area contributed by atoms with Gasteiger partial charge in [-0.05, 0) is 44.0 Å². The molecule has 0 unspecified atom stereocenters. The standard InChI is InChI=1S/C19H27N7O/c1-3-25-14-18(21-22-25)20-15-8-10-24(11-9-15)16-4-6-17(7-5-16)26-13-12-23(2)19(26)27/h4-7,14-15,20H,3,8-13H2,1-2H3. The lowest BCUT2D eigenvalue weighted by Gasteiger charge is -2.34. The summed E-state index contributed by atoms with van der Waals surface area (Å²) >= 11 is 0. The van der Waals surface area contributed by atoms with Gasteiger partial charge in [0.05, 0.1) is 6.20 Å². The number of benzene rings is 1. The maximum Gasteiger partial charge on any atom is 0.324 e. The average molecular weight is 369 g/mol. The number of nitrogens with zero attached hydrogens (tertiary/aromatic N) is 6. The molecule has 2 aliphatic heterocycles. The van der Waals surface area contributed by atoms with Gasteiger partial charge in [0, 0.05) is 57.2 Å². The molecule has 0 saturated carbocycles. The summed E-state index contributed by atoms with van der Waals surface area (Å²) < 4.78 is 1.84. The molecule has 4 rings (SSSR count). The molecule has 8 nitrogen and oxygen atoms in total. The predicted molar refractivity (Wildman–Crippen MR) is 106 cm³/mol. The molecule has 2 fully saturated rings. The lowest BCUT2D eigenvalue weighted by molar-refractivity contribution is 0.229. The number of carbonyl (C=O) groups excluding carboxylic acids is 1. The summed E-state index contributed by atoms with van der Waals surface area (Å²) in [6.45, 7) is 6.44. The Labute approximate surface area is 159 Å². The van der Waals surface area contributed by atoms with Crippen LogP contribution in [0.1, 0.15) is 19.8 Å². The van der Waals surface area contributed by atoms with E-state index in [1.54, 1.807) is 4.90 Å². The van der Waals surface area contributed by atoms with Crippen molar-refractivity contribution in [3.8, 4) is 0 Å². The molecule has 0 atom stereocenters. The first kappa shape index (κ1) is 17.6. The molecule has 0 bridgehead atoms. The summed E-state index contributed by atoms with van der Waals surface area (Å²) in [4.78, 5) is 18.1. The molecule has 0 spiro atoms. The molecule has 3 heterocycles. The van der Waals surface area contributed by atoms with Gasteiger partial charge in [0.1, 0.15) is 0 Å². The van der Waals surface area contributed by atoms with E-state index in [-0.39, 0.29) is 6.03 Å². The van der Waals surface area contributed by atoms with Crippen LogP contribution in [-0.4, -0.2) is 65.2 Å². The van der Waals surface area contributed by atoms with Crippen LogP contribution in [0.5, 0.6) is 0 Å². The van der Waals surface area contributed by atoms with E-state index in [2.05, 4.69) is 51.7 Å². The first-order valence-electron chi connectivity index (χ1n) is 9.68. The SMILES string of the molecule is CCn1cc(NC2CCN(c3ccc(N4CCN(C)C4=O)cc3)CC2)nn1. The number of nitrogens with one attached hydrogen (secondary N) is 1. The van der Waals surface area contributed by atoms with Gasteiger partial charge in [-0.15, -0.1) is 5.10 Å². The summed E-state index contributed by atoms with van der Waals surface area (Å²) in [6, 6.07) is 8.87. The lowest BCUT2D eigenvalue weighted by Crippen LogP contribution is -2.39. The first-order chi connectivity index (χ1) is 13.1. The molecule has 1 aromatic heterocycles. The highest BCUT2D eigenvalue weighted by molar-refractivity contribution is 5.94. The number of anilines is 3. The second-order valence-electron chi connectivity index (χ2n) is 7.24. The number of rotatable bonds is 5. The van der Waals surface area contributed by atoms with Crippen molar-refractivity contribution in [2.75, 3.05) is 48.3 Å². The Morgan fingerprint density at radius 1 is 1.07 bits per heavy atom. The number of hydrogen-bond acceptors (Lipinski definition) is 5. The number of piperidine rings is 1. The van der Waals surface area contributed by atoms with E-state index in [0.717, 1.165) is 57.1 Å². The summed E-state index contributed by atoms with van der Waals surface area (Å²) in [5.41, 5.74) is 2.19. The maximum atomic E-state index is 12.1. The van der Waals surface area contributed by atoms with Gasteiger partial charge in [0.15, 0.2) is 5.82 Å². The average Bonchev–Trinajstić information content (AvgIpc) is 3.29. The van der Waals surface area contributed by atoms with Crippen molar-refractivity contribution < 1.29 is 4.79 Å². The number of urea groups is 1. The van der Waals surface area contributed by atoms with Gasteiger partial charge in [0.25, 0.3) is 0 Å². The van der Waals surface area contributed by atoms with E-state index in [1.807, 2.05) is 22.8 Å². The molecule has 2 amide bonds. The Bertz CT molecular complexity index is 780. The fourth-order valence-corrected chi connectivity index (χ4v) is 3.74. The molecule has 8 heteroatoms. The Morgan fingerprint density at radius 2 is 1.78 bits per heavy atom. The Kier molecular flexibility index (Phi) is 4.87. The zero-order valence-electron chi connectivity index (χ0n) is 16.0. The van der Waals surface area contributed by atoms with E-state index in [0.29, 0.717) is 6.04 Å². The van der Waals surface area contributed by atoms with Gasteiger partial charge in [-0.3, -0.25) is 9.58 Å². The summed E-state index contributed by atoms with van der Waals surface area (Å²) in [5, 5.41) is 11.7. The Morgan fingerprint density at radius 3 is 2.37 bits per heavy atom. The smallest absolute Gasteiger partial charge is 0.324 e. The van der Waals surface area contributed by atoms with Gasteiger partial charge in [0.2, 0.25) is 0 Å². The van der Waals surface area contributed by atoms with Gasteiger partial charge >= 0.3 is 6.03 Å². The van der Waals surface area contributed by atoms with Crippen LogP contribution in [0, 0.1) is 0 Å². The Hall–Kier alpha value is -2.77. The van der Waals surface area contributed by atoms with Crippen LogP contribution in [0.3, 0.4) is 0 Å². The topological polar surface area (TPSA) is 69.5 Å². The quantitative estimate of drug-likeness (QED) is 0.875. The monoisotopic (exact) mass is 369 g/mol. The molecule has 1 aromatic carbocycles. The van der Waals surface area contributed by atoms with Crippen molar-refractivity contribution in [2.24, 2.45) is 0 Å². The summed E-state index contributed by atoms with van der Waals surface area (Å²) in [7, 11) is 1.84. The second kappa shape index (κ2) is 7.46. The summed E-state index contributed by atoms with van der Waals surface area (Å²) in [6.07, 6.45) is 4.09. The minimum absolute atomic E-state index is 0.0784. The highest BCUT2D eigenvalue weighted by Gasteiger charge is 2.26. The highest BCUT2D eigenvalue weighted by atomic mass is 16.2. The number of aromatic nitrogens is 3. The number of likely N-dealkylation sites (N-methyl/N-ethyl adjacent to an activating group) is 1. The van der Waals surface area contributed by atoms with Crippen LogP contribution in [0.2, 0.25) is 0 Å². The van der Waals surface area contributed by atoms with Crippen molar-refractivity contribution in [3.63, 3.8) is 0 Å². The van der Waals surface area contributed by atoms with Crippen LogP contribution in [0.4, 0.5) is 22.0 Å². The zero-order valence-corrected chi connectivity index (χ0v) is 16.0. The van der Waals surface area contributed by atoms with Gasteiger partial charge in [-0.1, -0.05) is 5.21 Å². The van der Waals surface area contributed by atoms with E-state index in [4.69, 9.17) is 0 Å². The van der Waals surface area contributed by atoms with E-state index >= 15 is 0 Å². The third-order valence-electron chi connectivity index (χ3n) is 5.45. The van der Waals surface area contributed by atoms with Crippen LogP contribution in [0.25, 0.3) is 0 Å². The summed E-state index contributed by atoms with van der Waals surface area (Å²) in [5.74, 6) is 0.861. The fraction of sp³-hybridized carbons (Fsp3) is 0.526. The van der Waals surface area contributed by atoms with E-state index in [1.165, 1.54) is 5.69 Å². The van der Waals surface area contributed by atoms with Crippen LogP contribution in [-0.2, 0) is 6.54 Å². The second-order valence-corrected chi connectivity index (χ2v) is 7.24. The molecular formula is C19H27N7O. The third kappa shape index (κ3) is 3.70. The van der Waals surface area contributed by atoms with Crippen molar-refractivity contribution in [2.45, 2.75) is 32.4 Å². The maximum absolute atomic E-state index is 12.1. The minimum Gasteiger partial charge on any atom is -0.371 e. The van der Waals surface area contributed by atoms with Crippen LogP contribution >= 0.6 is 0 Å². The van der Waals surface area contributed by atoms with Crippen molar-refractivity contribution in [3.05, 3.63) is 30.5 Å². The largest absolute Gasteiger partial charge is 0.371 e. The molecule has 1 N–H and O–H groups in total. The van der Waals surface area contributed by atoms with Gasteiger partial charge in [-0.25, -0.2) is 4.79 Å². The fourth-order valence-electron chi connectivity index (χ4n) is 3.74. The molecule has 0 aliphatic carbocycles. The third-order valence-corrected chi connectivity index (χ3v) is 5.45. The van der Waals surface area contributed by atoms with Crippen molar-refractivity contribution >= 4 is 23.2 Å². The number of amides is 2. The van der Waals surface area contributed by atoms with Crippen molar-refractivity contribution in [1.82, 2.24) is 19.9 Å². The van der Waals surface area contributed by atoms with Gasteiger partial charge in [-0.2, -0.15) is 0 Å². The normalized spacial score (nSPS) is 18.4. The zero-order chi connectivity index (χ0) is 18.8. The van der Waals surface area contributed by atoms with Crippen LogP contribution < -0.4 is 15.1 Å². The number of hydrogen-bond donors (Lipinski definition) is 1. The minimum atomic E-state index is 0.0784. The molecule has 144 valence electrons. The number of aryl methyl sites for hydroxylation is 1. The number of carbonyl (C=O) groups is 1. The molecule has 2 aliphatic rings. The van der Waals surface area contributed by atoms with Gasteiger partial charge < -0.3 is 15.1 Å². The molecule has 0 radical (unpaired) electrons. The van der Waals surface area contributed by atoms with Crippen molar-refractivity contribution in [1.29, 1.82) is 0 Å². The highest BCUT2D eigenvalue weighted by Crippen LogP contribution is 2.26.